The molecule has 1 aliphatic carbocycles. The van der Waals surface area contributed by atoms with Crippen LogP contribution in [0.5, 0.6) is 0 Å². The fourth-order valence-electron chi connectivity index (χ4n) is 9.59. The third kappa shape index (κ3) is 6.17. The molecule has 1 aliphatic rings. The van der Waals surface area contributed by atoms with Crippen molar-refractivity contribution in [3.8, 4) is 11.1 Å². The molecule has 9 aromatic rings. The summed E-state index contributed by atoms with van der Waals surface area (Å²) in [5.74, 6) is 0.962. The molecule has 9 aromatic carbocycles. The van der Waals surface area contributed by atoms with Gasteiger partial charge in [-0.1, -0.05) is 139 Å². The van der Waals surface area contributed by atoms with Crippen molar-refractivity contribution in [2.45, 2.75) is 58.8 Å². The lowest BCUT2D eigenvalue weighted by Gasteiger charge is -2.28. The van der Waals surface area contributed by atoms with Crippen molar-refractivity contribution in [3.05, 3.63) is 204 Å². The van der Waals surface area contributed by atoms with E-state index in [1.807, 2.05) is 0 Å². The third-order valence-electron chi connectivity index (χ3n) is 12.7. The molecule has 59 heavy (non-hydrogen) atoms. The molecule has 0 N–H and O–H groups in total. The van der Waals surface area contributed by atoms with Gasteiger partial charge in [-0.25, -0.2) is 0 Å². The second kappa shape index (κ2) is 14.3. The molecule has 0 amide bonds. The number of anilines is 6. The number of nitrogens with zero attached hydrogens (tertiary/aromatic N) is 2. The van der Waals surface area contributed by atoms with Crippen molar-refractivity contribution >= 4 is 66.4 Å². The zero-order valence-electron chi connectivity index (χ0n) is 34.9. The summed E-state index contributed by atoms with van der Waals surface area (Å²) >= 11 is 0. The molecule has 0 spiro atoms. The molecule has 288 valence electrons. The minimum Gasteiger partial charge on any atom is -0.310 e. The Morgan fingerprint density at radius 2 is 0.847 bits per heavy atom. The van der Waals surface area contributed by atoms with Gasteiger partial charge in [0, 0.05) is 39.5 Å². The first-order chi connectivity index (χ1) is 28.7. The molecule has 0 unspecified atom stereocenters. The van der Waals surface area contributed by atoms with E-state index in [-0.39, 0.29) is 5.41 Å². The molecule has 2 heteroatoms. The van der Waals surface area contributed by atoms with Crippen molar-refractivity contribution in [1.82, 2.24) is 0 Å². The molecule has 0 saturated carbocycles. The largest absolute Gasteiger partial charge is 0.310 e. The predicted octanol–water partition coefficient (Wildman–Crippen LogP) is 16.6. The van der Waals surface area contributed by atoms with Crippen LogP contribution in [0.1, 0.15) is 75.6 Å². The molecule has 0 aromatic heterocycles. The molecule has 2 nitrogen and oxygen atoms in total. The molecular weight excluding hydrogens is 713 g/mol. The lowest BCUT2D eigenvalue weighted by Crippen LogP contribution is -2.16. The smallest absolute Gasteiger partial charge is 0.0468 e. The van der Waals surface area contributed by atoms with Crippen LogP contribution < -0.4 is 9.80 Å². The van der Waals surface area contributed by atoms with E-state index in [0.717, 1.165) is 34.1 Å². The van der Waals surface area contributed by atoms with Crippen LogP contribution in [-0.2, 0) is 5.41 Å². The quantitative estimate of drug-likeness (QED) is 0.142. The third-order valence-corrected chi connectivity index (χ3v) is 12.7. The van der Waals surface area contributed by atoms with E-state index in [1.165, 1.54) is 65.7 Å². The van der Waals surface area contributed by atoms with Crippen molar-refractivity contribution in [2.24, 2.45) is 0 Å². The van der Waals surface area contributed by atoms with E-state index in [9.17, 15) is 0 Å². The van der Waals surface area contributed by atoms with Gasteiger partial charge in [0.1, 0.15) is 0 Å². The van der Waals surface area contributed by atoms with Gasteiger partial charge in [0.25, 0.3) is 0 Å². The summed E-state index contributed by atoms with van der Waals surface area (Å²) in [6, 6.07) is 67.8. The summed E-state index contributed by atoms with van der Waals surface area (Å²) in [6.45, 7) is 13.9. The minimum absolute atomic E-state index is 0.226. The Kier molecular flexibility index (Phi) is 8.91. The number of rotatable bonds is 8. The van der Waals surface area contributed by atoms with Crippen LogP contribution in [0.2, 0.25) is 0 Å². The van der Waals surface area contributed by atoms with Gasteiger partial charge in [-0.15, -0.1) is 0 Å². The second-order valence-electron chi connectivity index (χ2n) is 17.4. The first-order valence-electron chi connectivity index (χ1n) is 21.2. The van der Waals surface area contributed by atoms with Crippen LogP contribution in [0.25, 0.3) is 43.4 Å². The van der Waals surface area contributed by atoms with Crippen LogP contribution in [0.15, 0.2) is 182 Å². The minimum atomic E-state index is -0.226. The highest BCUT2D eigenvalue weighted by atomic mass is 15.1. The van der Waals surface area contributed by atoms with Gasteiger partial charge in [0.15, 0.2) is 0 Å². The molecule has 0 saturated heterocycles. The summed E-state index contributed by atoms with van der Waals surface area (Å²) in [7, 11) is 0. The van der Waals surface area contributed by atoms with Crippen LogP contribution >= 0.6 is 0 Å². The van der Waals surface area contributed by atoms with E-state index in [1.54, 1.807) is 0 Å². The van der Waals surface area contributed by atoms with Crippen LogP contribution in [-0.4, -0.2) is 0 Å². The van der Waals surface area contributed by atoms with Gasteiger partial charge < -0.3 is 9.80 Å². The van der Waals surface area contributed by atoms with Crippen molar-refractivity contribution < 1.29 is 0 Å². The van der Waals surface area contributed by atoms with Crippen LogP contribution in [0.3, 0.4) is 0 Å². The molecule has 0 aliphatic heterocycles. The Bertz CT molecular complexity index is 3000. The topological polar surface area (TPSA) is 6.48 Å². The Balaban J connectivity index is 1.13. The first-order valence-corrected chi connectivity index (χ1v) is 21.2. The average molecular weight is 763 g/mol. The van der Waals surface area contributed by atoms with Gasteiger partial charge in [0.05, 0.1) is 0 Å². The Hall–Kier alpha value is -6.64. The summed E-state index contributed by atoms with van der Waals surface area (Å²) in [5.41, 5.74) is 14.9. The lowest BCUT2D eigenvalue weighted by atomic mass is 9.79. The summed E-state index contributed by atoms with van der Waals surface area (Å²) < 4.78 is 0. The van der Waals surface area contributed by atoms with E-state index < -0.39 is 0 Å². The maximum absolute atomic E-state index is 2.48. The van der Waals surface area contributed by atoms with E-state index in [2.05, 4.69) is 233 Å². The SMILES string of the molecule is CC(C)c1ccc(N(c2ccccc2)c2ccc3cc4c(cc3c2)C(C)(C)c2c-4c3ccccc3c3cc(N(c4ccccc4)c4ccc(C(C)C)cc4)ccc23)cc1. The fraction of sp³-hybridized carbons (Fsp3) is 0.158. The Morgan fingerprint density at radius 1 is 0.373 bits per heavy atom. The maximum Gasteiger partial charge on any atom is 0.0468 e. The molecule has 0 bridgehead atoms. The van der Waals surface area contributed by atoms with Gasteiger partial charge >= 0.3 is 0 Å². The predicted molar refractivity (Wildman–Crippen MR) is 254 cm³/mol. The number of hydrogen-bond acceptors (Lipinski definition) is 2. The van der Waals surface area contributed by atoms with Gasteiger partial charge in [-0.3, -0.25) is 0 Å². The zero-order chi connectivity index (χ0) is 40.4. The zero-order valence-corrected chi connectivity index (χ0v) is 34.9. The van der Waals surface area contributed by atoms with Crippen LogP contribution in [0.4, 0.5) is 34.1 Å². The van der Waals surface area contributed by atoms with E-state index in [4.69, 9.17) is 0 Å². The number of hydrogen-bond donors (Lipinski definition) is 0. The van der Waals surface area contributed by atoms with Crippen molar-refractivity contribution in [3.63, 3.8) is 0 Å². The van der Waals surface area contributed by atoms with Gasteiger partial charge in [-0.05, 0) is 162 Å². The van der Waals surface area contributed by atoms with Gasteiger partial charge in [0.2, 0.25) is 0 Å². The molecular formula is C57H50N2. The normalized spacial score (nSPS) is 13.0. The Labute approximate surface area is 349 Å². The number of fused-ring (bicyclic) bond motifs is 9. The monoisotopic (exact) mass is 762 g/mol. The molecule has 10 rings (SSSR count). The average Bonchev–Trinajstić information content (AvgIpc) is 3.49. The van der Waals surface area contributed by atoms with Crippen molar-refractivity contribution in [1.29, 1.82) is 0 Å². The Morgan fingerprint density at radius 3 is 1.41 bits per heavy atom. The van der Waals surface area contributed by atoms with Gasteiger partial charge in [-0.2, -0.15) is 0 Å². The summed E-state index contributed by atoms with van der Waals surface area (Å²) in [6.07, 6.45) is 0. The molecule has 0 radical (unpaired) electrons. The number of para-hydroxylation sites is 2. The van der Waals surface area contributed by atoms with Crippen molar-refractivity contribution in [2.75, 3.05) is 9.80 Å². The molecule has 0 fully saturated rings. The van der Waals surface area contributed by atoms with E-state index in [0.29, 0.717) is 11.8 Å². The number of benzene rings is 9. The van der Waals surface area contributed by atoms with Crippen LogP contribution in [0, 0.1) is 0 Å². The summed E-state index contributed by atoms with van der Waals surface area (Å²) in [5, 5.41) is 7.69. The molecule has 0 atom stereocenters. The standard InChI is InChI=1S/C57H50N2/c1-37(2)39-21-26-45(27-22-39)58(43-15-9-7-10-16-43)47-30-25-41-34-53-54(35-42(41)33-47)57(5,6)56-51-32-31-48(36-52(51)49-19-13-14-20-50(49)55(53)56)59(44-17-11-8-12-18-44)46-28-23-40(24-29-46)38(3)4/h7-38H,1-6H3. The highest BCUT2D eigenvalue weighted by Crippen LogP contribution is 2.56. The second-order valence-corrected chi connectivity index (χ2v) is 17.4. The highest BCUT2D eigenvalue weighted by molar-refractivity contribution is 6.19. The highest BCUT2D eigenvalue weighted by Gasteiger charge is 2.39. The fourth-order valence-corrected chi connectivity index (χ4v) is 9.59. The molecule has 0 heterocycles. The maximum atomic E-state index is 2.48. The lowest BCUT2D eigenvalue weighted by molar-refractivity contribution is 0.667. The summed E-state index contributed by atoms with van der Waals surface area (Å²) in [4.78, 5) is 4.78. The van der Waals surface area contributed by atoms with E-state index >= 15 is 0 Å². The first kappa shape index (κ1) is 36.7.